The third-order valence-corrected chi connectivity index (χ3v) is 5.48. The van der Waals surface area contributed by atoms with Crippen LogP contribution in [0, 0.1) is 0 Å². The Morgan fingerprint density at radius 2 is 1.74 bits per heavy atom. The smallest absolute Gasteiger partial charge is 0.445 e. The second kappa shape index (κ2) is 11.8. The summed E-state index contributed by atoms with van der Waals surface area (Å²) < 4.78 is 44.4. The van der Waals surface area contributed by atoms with Gasteiger partial charge in [0.25, 0.3) is 0 Å². The zero-order valence-electron chi connectivity index (χ0n) is 18.9. The average molecular weight is 492 g/mol. The largest absolute Gasteiger partial charge is 0.490 e. The van der Waals surface area contributed by atoms with Crippen molar-refractivity contribution in [3.8, 4) is 0 Å². The number of para-hydroxylation sites is 2. The highest BCUT2D eigenvalue weighted by Crippen LogP contribution is 2.29. The van der Waals surface area contributed by atoms with Crippen LogP contribution in [0.4, 0.5) is 13.2 Å². The Labute approximate surface area is 200 Å². The second-order valence-corrected chi connectivity index (χ2v) is 8.14. The van der Waals surface area contributed by atoms with Gasteiger partial charge in [-0.3, -0.25) is 4.79 Å². The molecule has 35 heavy (non-hydrogen) atoms. The number of nitrogens with zero attached hydrogens (tertiary/aromatic N) is 1. The number of carbonyl (C=O) groups is 2. The molecule has 3 atom stereocenters. The highest BCUT2D eigenvalue weighted by molar-refractivity contribution is 5.82. The molecule has 1 unspecified atom stereocenters. The molecule has 11 heteroatoms. The summed E-state index contributed by atoms with van der Waals surface area (Å²) >= 11 is 0. The van der Waals surface area contributed by atoms with Gasteiger partial charge in [-0.2, -0.15) is 13.2 Å². The number of nitrogens with one attached hydrogen (secondary N) is 2. The van der Waals surface area contributed by atoms with E-state index >= 15 is 0 Å². The molecule has 0 aliphatic heterocycles. The average Bonchev–Trinajstić information content (AvgIpc) is 3.27. The first-order chi connectivity index (χ1) is 16.7. The predicted molar refractivity (Wildman–Crippen MR) is 124 cm³/mol. The Balaban J connectivity index is 1.95. The Bertz CT molecular complexity index is 1090. The fraction of sp³-hybridized carbons (Fsp3) is 0.375. The van der Waals surface area contributed by atoms with Gasteiger partial charge in [-0.05, 0) is 49.9 Å². The first-order valence-electron chi connectivity index (χ1n) is 11.2. The lowest BCUT2D eigenvalue weighted by atomic mass is 9.99. The number of benzene rings is 2. The van der Waals surface area contributed by atoms with E-state index in [1.54, 1.807) is 24.3 Å². The van der Waals surface area contributed by atoms with Crippen molar-refractivity contribution in [2.24, 2.45) is 11.5 Å². The van der Waals surface area contributed by atoms with Crippen LogP contribution in [-0.4, -0.2) is 46.6 Å². The second-order valence-electron chi connectivity index (χ2n) is 8.14. The van der Waals surface area contributed by atoms with Crippen molar-refractivity contribution >= 4 is 22.9 Å². The molecule has 0 aliphatic rings. The van der Waals surface area contributed by atoms with Crippen molar-refractivity contribution in [1.29, 1.82) is 0 Å². The highest BCUT2D eigenvalue weighted by atomic mass is 19.4. The summed E-state index contributed by atoms with van der Waals surface area (Å²) in [6, 6.07) is 14.0. The van der Waals surface area contributed by atoms with Crippen LogP contribution in [-0.2, 0) is 20.7 Å². The van der Waals surface area contributed by atoms with Crippen molar-refractivity contribution in [3.05, 3.63) is 66.0 Å². The van der Waals surface area contributed by atoms with Gasteiger partial charge in [0.15, 0.2) is 11.9 Å². The third-order valence-electron chi connectivity index (χ3n) is 5.48. The molecule has 1 aromatic heterocycles. The summed E-state index contributed by atoms with van der Waals surface area (Å²) in [5.74, 6) is -2.98. The van der Waals surface area contributed by atoms with Gasteiger partial charge in [-0.25, -0.2) is 9.78 Å². The number of fused-ring (bicyclic) bond motifs is 1. The quantitative estimate of drug-likeness (QED) is 0.305. The molecule has 1 heterocycles. The highest BCUT2D eigenvalue weighted by Gasteiger charge is 2.44. The number of ether oxygens (including phenoxy) is 1. The molecular weight excluding hydrogens is 463 g/mol. The minimum Gasteiger partial charge on any atom is -0.445 e. The number of H-pyrrole nitrogens is 1. The minimum atomic E-state index is -5.23. The van der Waals surface area contributed by atoms with Gasteiger partial charge in [0.05, 0.1) is 23.1 Å². The summed E-state index contributed by atoms with van der Waals surface area (Å²) in [6.07, 6.45) is -5.41. The van der Waals surface area contributed by atoms with Gasteiger partial charge in [-0.1, -0.05) is 42.5 Å². The number of alkyl halides is 3. The van der Waals surface area contributed by atoms with Crippen LogP contribution in [0.1, 0.15) is 36.8 Å². The first kappa shape index (κ1) is 26.2. The van der Waals surface area contributed by atoms with Crippen LogP contribution in [0.2, 0.25) is 0 Å². The van der Waals surface area contributed by atoms with Gasteiger partial charge in [0, 0.05) is 0 Å². The monoisotopic (exact) mass is 491 g/mol. The lowest BCUT2D eigenvalue weighted by Crippen LogP contribution is -2.49. The predicted octanol–water partition coefficient (Wildman–Crippen LogP) is 2.89. The normalized spacial score (nSPS) is 14.3. The molecule has 1 amide bonds. The van der Waals surface area contributed by atoms with E-state index in [9.17, 15) is 22.8 Å². The molecule has 0 saturated carbocycles. The van der Waals surface area contributed by atoms with Crippen LogP contribution in [0.3, 0.4) is 0 Å². The van der Waals surface area contributed by atoms with Crippen molar-refractivity contribution in [2.75, 3.05) is 6.54 Å². The zero-order chi connectivity index (χ0) is 25.4. The third kappa shape index (κ3) is 7.27. The number of imidazole rings is 1. The first-order valence-corrected chi connectivity index (χ1v) is 11.2. The van der Waals surface area contributed by atoms with Crippen molar-refractivity contribution in [2.45, 2.75) is 50.0 Å². The molecular formula is C24H28F3N5O3. The Morgan fingerprint density at radius 3 is 2.40 bits per heavy atom. The van der Waals surface area contributed by atoms with E-state index in [1.165, 1.54) is 0 Å². The molecule has 3 rings (SSSR count). The van der Waals surface area contributed by atoms with E-state index in [4.69, 9.17) is 16.2 Å². The van der Waals surface area contributed by atoms with Gasteiger partial charge in [0.1, 0.15) is 0 Å². The molecule has 0 fully saturated rings. The van der Waals surface area contributed by atoms with Crippen LogP contribution in [0.15, 0.2) is 54.6 Å². The number of aromatic amines is 1. The molecule has 0 saturated heterocycles. The lowest BCUT2D eigenvalue weighted by Gasteiger charge is -2.28. The molecule has 6 N–H and O–H groups in total. The number of aryl methyl sites for hydroxylation is 1. The van der Waals surface area contributed by atoms with E-state index in [0.29, 0.717) is 36.8 Å². The number of hydrogen-bond acceptors (Lipinski definition) is 6. The zero-order valence-corrected chi connectivity index (χ0v) is 18.9. The Morgan fingerprint density at radius 1 is 1.06 bits per heavy atom. The van der Waals surface area contributed by atoms with E-state index in [2.05, 4.69) is 15.3 Å². The maximum absolute atomic E-state index is 13.1. The maximum Gasteiger partial charge on any atom is 0.490 e. The molecule has 2 aromatic carbocycles. The fourth-order valence-corrected chi connectivity index (χ4v) is 3.64. The number of rotatable bonds is 11. The topological polar surface area (TPSA) is 136 Å². The fourth-order valence-electron chi connectivity index (χ4n) is 3.64. The van der Waals surface area contributed by atoms with Crippen LogP contribution >= 0.6 is 0 Å². The SMILES string of the molecule is NCCC[C@@H](N)C(=O)N[C@H](CCc1ccccc1)C(OC(=O)C(F)(F)F)c1nc2ccccc2[nH]1. The molecule has 3 aromatic rings. The van der Waals surface area contributed by atoms with Crippen LogP contribution in [0.25, 0.3) is 11.0 Å². The van der Waals surface area contributed by atoms with Crippen LogP contribution in [0.5, 0.6) is 0 Å². The van der Waals surface area contributed by atoms with Crippen LogP contribution < -0.4 is 16.8 Å². The van der Waals surface area contributed by atoms with Gasteiger partial charge in [-0.15, -0.1) is 0 Å². The van der Waals surface area contributed by atoms with Crippen molar-refractivity contribution < 1.29 is 27.5 Å². The van der Waals surface area contributed by atoms with Gasteiger partial charge >= 0.3 is 12.1 Å². The molecule has 0 aliphatic carbocycles. The molecule has 0 radical (unpaired) electrons. The maximum atomic E-state index is 13.1. The Hall–Kier alpha value is -3.44. The van der Waals surface area contributed by atoms with Crippen molar-refractivity contribution in [3.63, 3.8) is 0 Å². The van der Waals surface area contributed by atoms with E-state index in [0.717, 1.165) is 5.56 Å². The molecule has 188 valence electrons. The summed E-state index contributed by atoms with van der Waals surface area (Å²) in [5.41, 5.74) is 13.3. The number of esters is 1. The number of amides is 1. The van der Waals surface area contributed by atoms with E-state index in [-0.39, 0.29) is 12.2 Å². The standard InChI is InChI=1S/C24H28F3N5O3/c25-24(26,27)23(34)35-20(21-30-17-10-4-5-11-18(17)31-21)19(13-12-15-7-2-1-3-8-15)32-22(33)16(29)9-6-14-28/h1-5,7-8,10-11,16,19-20H,6,9,12-14,28-29H2,(H,30,31)(H,32,33)/t16-,19-,20?/m1/s1. The number of nitrogens with two attached hydrogens (primary N) is 2. The molecule has 0 spiro atoms. The van der Waals surface area contributed by atoms with Gasteiger partial charge in [0.2, 0.25) is 5.91 Å². The summed E-state index contributed by atoms with van der Waals surface area (Å²) in [7, 11) is 0. The molecule has 8 nitrogen and oxygen atoms in total. The number of carbonyl (C=O) groups excluding carboxylic acids is 2. The van der Waals surface area contributed by atoms with Crippen molar-refractivity contribution in [1.82, 2.24) is 15.3 Å². The van der Waals surface area contributed by atoms with Gasteiger partial charge < -0.3 is 26.5 Å². The summed E-state index contributed by atoms with van der Waals surface area (Å²) in [6.45, 7) is 0.337. The summed E-state index contributed by atoms with van der Waals surface area (Å²) in [4.78, 5) is 31.9. The van der Waals surface area contributed by atoms with E-state index in [1.807, 2.05) is 30.3 Å². The number of aromatic nitrogens is 2. The Kier molecular flexibility index (Phi) is 8.83. The number of halogens is 3. The number of hydrogen-bond donors (Lipinski definition) is 4. The van der Waals surface area contributed by atoms with E-state index < -0.39 is 36.2 Å². The lowest BCUT2D eigenvalue weighted by molar-refractivity contribution is -0.207. The molecule has 0 bridgehead atoms. The minimum absolute atomic E-state index is 0.0160. The summed E-state index contributed by atoms with van der Waals surface area (Å²) in [5, 5.41) is 2.69.